The zero-order chi connectivity index (χ0) is 9.99. The van der Waals surface area contributed by atoms with Gasteiger partial charge in [0.25, 0.3) is 0 Å². The van der Waals surface area contributed by atoms with Crippen LogP contribution in [-0.4, -0.2) is 23.3 Å². The first-order chi connectivity index (χ1) is 7.36. The minimum Gasteiger partial charge on any atom is -0.357 e. The van der Waals surface area contributed by atoms with Crippen LogP contribution in [0.25, 0.3) is 0 Å². The lowest BCUT2D eigenvalue weighted by Crippen LogP contribution is -2.39. The molecule has 0 aromatic carbocycles. The van der Waals surface area contributed by atoms with Crippen molar-refractivity contribution in [1.29, 1.82) is 5.41 Å². The van der Waals surface area contributed by atoms with E-state index in [-0.39, 0.29) is 0 Å². The van der Waals surface area contributed by atoms with Gasteiger partial charge in [-0.15, -0.1) is 0 Å². The molecule has 2 heteroatoms. The fraction of sp³-hybridized carbons (Fsp3) is 0.923. The lowest BCUT2D eigenvalue weighted by atomic mass is 10.0. The molecule has 2 bridgehead atoms. The highest BCUT2D eigenvalue weighted by molar-refractivity contribution is 5.80. The third kappa shape index (κ3) is 1.03. The zero-order valence-corrected chi connectivity index (χ0v) is 9.28. The van der Waals surface area contributed by atoms with E-state index in [1.807, 2.05) is 0 Å². The molecule has 3 aliphatic carbocycles. The van der Waals surface area contributed by atoms with Crippen LogP contribution in [0.3, 0.4) is 0 Å². The van der Waals surface area contributed by atoms with Gasteiger partial charge in [0.05, 0.1) is 5.84 Å². The maximum Gasteiger partial charge on any atom is 0.0960 e. The number of likely N-dealkylation sites (tertiary alicyclic amines) is 1. The molecule has 1 heterocycles. The Morgan fingerprint density at radius 3 is 2.47 bits per heavy atom. The van der Waals surface area contributed by atoms with E-state index in [2.05, 4.69) is 4.90 Å². The number of nitrogens with zero attached hydrogens (tertiary/aromatic N) is 1. The average molecular weight is 204 g/mol. The summed E-state index contributed by atoms with van der Waals surface area (Å²) in [4.78, 5) is 2.48. The Morgan fingerprint density at radius 2 is 1.80 bits per heavy atom. The predicted octanol–water partition coefficient (Wildman–Crippen LogP) is 2.49. The van der Waals surface area contributed by atoms with Crippen LogP contribution in [-0.2, 0) is 0 Å². The van der Waals surface area contributed by atoms with Gasteiger partial charge in [0, 0.05) is 19.0 Å². The molecule has 0 aromatic heterocycles. The highest BCUT2D eigenvalue weighted by atomic mass is 15.2. The number of amidine groups is 1. The van der Waals surface area contributed by atoms with Crippen molar-refractivity contribution in [2.45, 2.75) is 44.6 Å². The number of piperidine rings is 1. The quantitative estimate of drug-likeness (QED) is 0.698. The van der Waals surface area contributed by atoms with E-state index >= 15 is 0 Å². The minimum absolute atomic E-state index is 0.823. The minimum atomic E-state index is 0.823. The van der Waals surface area contributed by atoms with Crippen molar-refractivity contribution >= 4 is 5.84 Å². The Morgan fingerprint density at radius 1 is 1.07 bits per heavy atom. The van der Waals surface area contributed by atoms with Crippen LogP contribution in [0.2, 0.25) is 0 Å². The second-order valence-corrected chi connectivity index (χ2v) is 6.08. The molecular formula is C13H20N2. The maximum atomic E-state index is 8.07. The van der Waals surface area contributed by atoms with Crippen molar-refractivity contribution in [3.63, 3.8) is 0 Å². The van der Waals surface area contributed by atoms with Gasteiger partial charge in [-0.2, -0.15) is 0 Å². The lowest BCUT2D eigenvalue weighted by Gasteiger charge is -2.31. The van der Waals surface area contributed by atoms with Crippen molar-refractivity contribution in [2.24, 2.45) is 23.7 Å². The van der Waals surface area contributed by atoms with Crippen LogP contribution in [0.15, 0.2) is 0 Å². The summed E-state index contributed by atoms with van der Waals surface area (Å²) in [5.74, 6) is 5.10. The molecule has 4 aliphatic rings. The molecule has 4 fully saturated rings. The number of hydrogen-bond acceptors (Lipinski definition) is 1. The first kappa shape index (κ1) is 8.60. The van der Waals surface area contributed by atoms with E-state index in [4.69, 9.17) is 5.41 Å². The number of fused-ring (bicyclic) bond motifs is 5. The molecule has 15 heavy (non-hydrogen) atoms. The van der Waals surface area contributed by atoms with Crippen LogP contribution >= 0.6 is 0 Å². The number of rotatable bonds is 1. The van der Waals surface area contributed by atoms with Crippen LogP contribution in [0.1, 0.15) is 38.5 Å². The first-order valence-corrected chi connectivity index (χ1v) is 6.70. The van der Waals surface area contributed by atoms with Crippen LogP contribution < -0.4 is 0 Å². The highest BCUT2D eigenvalue weighted by Crippen LogP contribution is 2.67. The van der Waals surface area contributed by atoms with Gasteiger partial charge in [-0.3, -0.25) is 5.41 Å². The Labute approximate surface area is 91.5 Å². The summed E-state index contributed by atoms with van der Waals surface area (Å²) in [6.45, 7) is 1.19. The molecule has 4 rings (SSSR count). The van der Waals surface area contributed by atoms with Gasteiger partial charge in [-0.25, -0.2) is 0 Å². The lowest BCUT2D eigenvalue weighted by molar-refractivity contribution is 0.298. The van der Waals surface area contributed by atoms with E-state index in [0.717, 1.165) is 42.0 Å². The summed E-state index contributed by atoms with van der Waals surface area (Å²) in [5.41, 5.74) is 0. The summed E-state index contributed by atoms with van der Waals surface area (Å²) >= 11 is 0. The van der Waals surface area contributed by atoms with Crippen LogP contribution in [0.4, 0.5) is 0 Å². The van der Waals surface area contributed by atoms with Gasteiger partial charge in [0.1, 0.15) is 0 Å². The normalized spacial score (nSPS) is 52.1. The summed E-state index contributed by atoms with van der Waals surface area (Å²) < 4.78 is 0. The second kappa shape index (κ2) is 2.78. The summed E-state index contributed by atoms with van der Waals surface area (Å²) in [6, 6.07) is 0.823. The molecule has 1 saturated heterocycles. The summed E-state index contributed by atoms with van der Waals surface area (Å²) in [5, 5.41) is 8.07. The molecule has 1 N–H and O–H groups in total. The molecular weight excluding hydrogens is 184 g/mol. The molecule has 0 aromatic rings. The molecule has 2 nitrogen and oxygen atoms in total. The molecule has 0 amide bonds. The van der Waals surface area contributed by atoms with Gasteiger partial charge in [-0.1, -0.05) is 0 Å². The second-order valence-electron chi connectivity index (χ2n) is 6.08. The summed E-state index contributed by atoms with van der Waals surface area (Å²) in [7, 11) is 0. The summed E-state index contributed by atoms with van der Waals surface area (Å²) in [6.07, 6.45) is 8.17. The van der Waals surface area contributed by atoms with E-state index < -0.39 is 0 Å². The van der Waals surface area contributed by atoms with Gasteiger partial charge >= 0.3 is 0 Å². The number of nitrogens with one attached hydrogen (secondary N) is 1. The molecule has 0 spiro atoms. The number of hydrogen-bond donors (Lipinski definition) is 1. The van der Waals surface area contributed by atoms with Crippen molar-refractivity contribution < 1.29 is 0 Å². The molecule has 4 unspecified atom stereocenters. The predicted molar refractivity (Wildman–Crippen MR) is 59.9 cm³/mol. The zero-order valence-electron chi connectivity index (χ0n) is 9.28. The molecule has 0 radical (unpaired) electrons. The molecule has 3 saturated carbocycles. The van der Waals surface area contributed by atoms with Gasteiger partial charge in [0.15, 0.2) is 0 Å². The Hall–Kier alpha value is -0.530. The third-order valence-corrected chi connectivity index (χ3v) is 5.46. The van der Waals surface area contributed by atoms with Crippen molar-refractivity contribution in [3.8, 4) is 0 Å². The third-order valence-electron chi connectivity index (χ3n) is 5.46. The topological polar surface area (TPSA) is 27.1 Å². The van der Waals surface area contributed by atoms with Gasteiger partial charge < -0.3 is 4.90 Å². The standard InChI is InChI=1S/C13H20N2/c14-10-3-1-2-6-15(10)13-11-8-4-5-9(7-8)12(11)13/h8-9,11-14H,1-7H2. The SMILES string of the molecule is N=C1CCCCN1C1C2C3CCC(C3)C21. The fourth-order valence-electron chi connectivity index (χ4n) is 4.88. The monoisotopic (exact) mass is 204 g/mol. The maximum absolute atomic E-state index is 8.07. The van der Waals surface area contributed by atoms with Gasteiger partial charge in [-0.05, 0) is 55.8 Å². The smallest absolute Gasteiger partial charge is 0.0960 e. The Bertz CT molecular complexity index is 296. The van der Waals surface area contributed by atoms with Crippen molar-refractivity contribution in [1.82, 2.24) is 4.90 Å². The molecule has 1 aliphatic heterocycles. The molecule has 4 atom stereocenters. The highest BCUT2D eigenvalue weighted by Gasteiger charge is 2.67. The van der Waals surface area contributed by atoms with Gasteiger partial charge in [0.2, 0.25) is 0 Å². The van der Waals surface area contributed by atoms with Crippen LogP contribution in [0.5, 0.6) is 0 Å². The van der Waals surface area contributed by atoms with Crippen molar-refractivity contribution in [2.75, 3.05) is 6.54 Å². The van der Waals surface area contributed by atoms with E-state index in [9.17, 15) is 0 Å². The van der Waals surface area contributed by atoms with Crippen LogP contribution in [0, 0.1) is 29.1 Å². The van der Waals surface area contributed by atoms with E-state index in [1.165, 1.54) is 38.6 Å². The molecule has 82 valence electrons. The van der Waals surface area contributed by atoms with Crippen molar-refractivity contribution in [3.05, 3.63) is 0 Å². The Kier molecular flexibility index (Phi) is 1.59. The fourth-order valence-corrected chi connectivity index (χ4v) is 4.88. The first-order valence-electron chi connectivity index (χ1n) is 6.70. The van der Waals surface area contributed by atoms with E-state index in [0.29, 0.717) is 0 Å². The average Bonchev–Trinajstić information content (AvgIpc) is 2.67. The Balaban J connectivity index is 1.54. The van der Waals surface area contributed by atoms with E-state index in [1.54, 1.807) is 0 Å². The largest absolute Gasteiger partial charge is 0.357 e.